The van der Waals surface area contributed by atoms with Crippen LogP contribution in [0.25, 0.3) is 0 Å². The van der Waals surface area contributed by atoms with E-state index >= 15 is 0 Å². The Morgan fingerprint density at radius 2 is 2.26 bits per heavy atom. The third kappa shape index (κ3) is 2.30. The number of amides is 1. The SMILES string of the molecule is CC(=O)NC1=NCC([C@@H]2[C@@H](c3cccc4c3CCO4)C2(C)C)N1. The van der Waals surface area contributed by atoms with Crippen molar-refractivity contribution in [2.45, 2.75) is 39.2 Å². The Hall–Kier alpha value is -2.04. The molecule has 3 aliphatic rings. The summed E-state index contributed by atoms with van der Waals surface area (Å²) in [7, 11) is 0. The molecule has 2 N–H and O–H groups in total. The Morgan fingerprint density at radius 1 is 1.43 bits per heavy atom. The molecule has 5 nitrogen and oxygen atoms in total. The molecule has 4 rings (SSSR count). The van der Waals surface area contributed by atoms with Crippen molar-refractivity contribution in [3.63, 3.8) is 0 Å². The molecule has 0 bridgehead atoms. The molecule has 0 saturated heterocycles. The molecule has 23 heavy (non-hydrogen) atoms. The van der Waals surface area contributed by atoms with Gasteiger partial charge in [-0.05, 0) is 28.9 Å². The van der Waals surface area contributed by atoms with Gasteiger partial charge in [0, 0.05) is 18.9 Å². The zero-order valence-electron chi connectivity index (χ0n) is 13.8. The van der Waals surface area contributed by atoms with Crippen molar-refractivity contribution in [1.29, 1.82) is 0 Å². The van der Waals surface area contributed by atoms with E-state index in [9.17, 15) is 4.79 Å². The molecular weight excluding hydrogens is 290 g/mol. The van der Waals surface area contributed by atoms with Gasteiger partial charge < -0.3 is 10.1 Å². The summed E-state index contributed by atoms with van der Waals surface area (Å²) in [5, 5.41) is 6.15. The minimum Gasteiger partial charge on any atom is -0.493 e. The van der Waals surface area contributed by atoms with Gasteiger partial charge in [0.1, 0.15) is 5.75 Å². The van der Waals surface area contributed by atoms with Crippen molar-refractivity contribution in [2.24, 2.45) is 16.3 Å². The molecule has 0 radical (unpaired) electrons. The predicted octanol–water partition coefficient (Wildman–Crippen LogP) is 1.82. The molecule has 122 valence electrons. The summed E-state index contributed by atoms with van der Waals surface area (Å²) in [6.07, 6.45) is 1.01. The second-order valence-corrected chi connectivity index (χ2v) is 7.37. The summed E-state index contributed by atoms with van der Waals surface area (Å²) in [6.45, 7) is 7.69. The van der Waals surface area contributed by atoms with Gasteiger partial charge >= 0.3 is 0 Å². The smallest absolute Gasteiger partial charge is 0.223 e. The lowest BCUT2D eigenvalue weighted by Crippen LogP contribution is -2.42. The van der Waals surface area contributed by atoms with Crippen LogP contribution in [0.3, 0.4) is 0 Å². The number of carbonyl (C=O) groups excluding carboxylic acids is 1. The zero-order valence-corrected chi connectivity index (χ0v) is 13.8. The first-order valence-corrected chi connectivity index (χ1v) is 8.31. The summed E-state index contributed by atoms with van der Waals surface area (Å²) in [5.74, 6) is 2.62. The standard InChI is InChI=1S/C18H23N3O2/c1-10(22)20-17-19-9-13(21-17)16-15(18(16,2)3)12-5-4-6-14-11(12)7-8-23-14/h4-6,13,15-16H,7-9H2,1-3H3,(H2,19,20,21,22)/t13?,15-,16-/m1/s1. The lowest BCUT2D eigenvalue weighted by molar-refractivity contribution is -0.117. The maximum Gasteiger partial charge on any atom is 0.223 e. The number of hydrogen-bond acceptors (Lipinski definition) is 4. The monoisotopic (exact) mass is 313 g/mol. The second kappa shape index (κ2) is 4.98. The highest BCUT2D eigenvalue weighted by Crippen LogP contribution is 2.67. The van der Waals surface area contributed by atoms with Gasteiger partial charge in [-0.2, -0.15) is 0 Å². The van der Waals surface area contributed by atoms with E-state index in [4.69, 9.17) is 4.74 Å². The van der Waals surface area contributed by atoms with Crippen LogP contribution < -0.4 is 15.4 Å². The molecule has 2 aliphatic heterocycles. The third-order valence-corrected chi connectivity index (χ3v) is 5.52. The van der Waals surface area contributed by atoms with Gasteiger partial charge in [0.05, 0.1) is 19.2 Å². The summed E-state index contributed by atoms with van der Waals surface area (Å²) in [6, 6.07) is 6.72. The van der Waals surface area contributed by atoms with Crippen LogP contribution in [0.15, 0.2) is 23.2 Å². The Bertz CT molecular complexity index is 696. The zero-order chi connectivity index (χ0) is 16.2. The van der Waals surface area contributed by atoms with Crippen LogP contribution in [0.4, 0.5) is 0 Å². The fourth-order valence-electron chi connectivity index (χ4n) is 4.46. The molecule has 2 heterocycles. The van der Waals surface area contributed by atoms with Crippen LogP contribution in [-0.4, -0.2) is 31.1 Å². The first-order valence-electron chi connectivity index (χ1n) is 8.31. The molecule has 5 heteroatoms. The minimum atomic E-state index is -0.0819. The van der Waals surface area contributed by atoms with E-state index in [0.29, 0.717) is 17.8 Å². The average molecular weight is 313 g/mol. The van der Waals surface area contributed by atoms with Crippen LogP contribution in [-0.2, 0) is 11.2 Å². The molecular formula is C18H23N3O2. The van der Waals surface area contributed by atoms with Crippen LogP contribution in [0.5, 0.6) is 5.75 Å². The van der Waals surface area contributed by atoms with E-state index in [1.54, 1.807) is 0 Å². The molecule has 0 spiro atoms. The molecule has 1 aliphatic carbocycles. The number of guanidine groups is 1. The first kappa shape index (κ1) is 14.5. The fraction of sp³-hybridized carbons (Fsp3) is 0.556. The number of hydrogen-bond donors (Lipinski definition) is 2. The maximum absolute atomic E-state index is 11.2. The quantitative estimate of drug-likeness (QED) is 0.875. The normalized spacial score (nSPS) is 30.0. The highest BCUT2D eigenvalue weighted by Gasteiger charge is 2.62. The molecule has 1 aromatic carbocycles. The van der Waals surface area contributed by atoms with E-state index in [1.165, 1.54) is 18.1 Å². The number of carbonyl (C=O) groups is 1. The van der Waals surface area contributed by atoms with Gasteiger partial charge in [-0.3, -0.25) is 15.1 Å². The molecule has 3 atom stereocenters. The van der Waals surface area contributed by atoms with Crippen molar-refractivity contribution in [2.75, 3.05) is 13.2 Å². The molecule has 1 aromatic rings. The predicted molar refractivity (Wildman–Crippen MR) is 88.7 cm³/mol. The number of rotatable bonds is 2. The highest BCUT2D eigenvalue weighted by atomic mass is 16.5. The second-order valence-electron chi connectivity index (χ2n) is 7.37. The largest absolute Gasteiger partial charge is 0.493 e. The van der Waals surface area contributed by atoms with Crippen molar-refractivity contribution >= 4 is 11.9 Å². The fourth-order valence-corrected chi connectivity index (χ4v) is 4.46. The number of nitrogens with zero attached hydrogens (tertiary/aromatic N) is 1. The van der Waals surface area contributed by atoms with Gasteiger partial charge in [-0.1, -0.05) is 26.0 Å². The molecule has 1 amide bonds. The summed E-state index contributed by atoms with van der Waals surface area (Å²) in [5.41, 5.74) is 3.05. The van der Waals surface area contributed by atoms with Crippen LogP contribution in [0, 0.1) is 11.3 Å². The minimum absolute atomic E-state index is 0.0819. The van der Waals surface area contributed by atoms with Gasteiger partial charge in [-0.15, -0.1) is 0 Å². The van der Waals surface area contributed by atoms with Gasteiger partial charge in [0.15, 0.2) is 5.96 Å². The Morgan fingerprint density at radius 3 is 3.04 bits per heavy atom. The number of benzene rings is 1. The molecule has 1 fully saturated rings. The van der Waals surface area contributed by atoms with Crippen molar-refractivity contribution in [1.82, 2.24) is 10.6 Å². The molecule has 1 unspecified atom stereocenters. The van der Waals surface area contributed by atoms with Crippen LogP contribution in [0.2, 0.25) is 0 Å². The van der Waals surface area contributed by atoms with Gasteiger partial charge in [-0.25, -0.2) is 0 Å². The summed E-state index contributed by atoms with van der Waals surface area (Å²) in [4.78, 5) is 15.6. The van der Waals surface area contributed by atoms with Crippen molar-refractivity contribution < 1.29 is 9.53 Å². The number of aliphatic imine (C=N–C) groups is 1. The lowest BCUT2D eigenvalue weighted by atomic mass is 9.96. The Labute approximate surface area is 136 Å². The van der Waals surface area contributed by atoms with E-state index in [1.807, 2.05) is 0 Å². The van der Waals surface area contributed by atoms with Crippen LogP contribution in [0.1, 0.15) is 37.8 Å². The maximum atomic E-state index is 11.2. The van der Waals surface area contributed by atoms with Gasteiger partial charge in [0.25, 0.3) is 0 Å². The number of ether oxygens (including phenoxy) is 1. The molecule has 0 aromatic heterocycles. The van der Waals surface area contributed by atoms with E-state index in [-0.39, 0.29) is 17.4 Å². The van der Waals surface area contributed by atoms with E-state index in [2.05, 4.69) is 47.7 Å². The Kier molecular flexibility index (Phi) is 3.15. The third-order valence-electron chi connectivity index (χ3n) is 5.52. The lowest BCUT2D eigenvalue weighted by Gasteiger charge is -2.13. The van der Waals surface area contributed by atoms with Crippen molar-refractivity contribution in [3.8, 4) is 5.75 Å². The molecule has 1 saturated carbocycles. The van der Waals surface area contributed by atoms with Gasteiger partial charge in [0.2, 0.25) is 5.91 Å². The van der Waals surface area contributed by atoms with E-state index < -0.39 is 0 Å². The summed E-state index contributed by atoms with van der Waals surface area (Å²) >= 11 is 0. The van der Waals surface area contributed by atoms with Crippen LogP contribution >= 0.6 is 0 Å². The topological polar surface area (TPSA) is 62.7 Å². The van der Waals surface area contributed by atoms with Crippen molar-refractivity contribution in [3.05, 3.63) is 29.3 Å². The summed E-state index contributed by atoms with van der Waals surface area (Å²) < 4.78 is 5.72. The number of nitrogens with one attached hydrogen (secondary N) is 2. The highest BCUT2D eigenvalue weighted by molar-refractivity contribution is 5.96. The Balaban J connectivity index is 1.54. The first-order chi connectivity index (χ1) is 11.0. The average Bonchev–Trinajstić information content (AvgIpc) is 2.92. The van der Waals surface area contributed by atoms with E-state index in [0.717, 1.165) is 25.3 Å². The number of fused-ring (bicyclic) bond motifs is 1.